The van der Waals surface area contributed by atoms with Crippen LogP contribution in [0.4, 0.5) is 10.8 Å². The number of nitrogens with two attached hydrogens (primary N) is 1. The second-order valence-corrected chi connectivity index (χ2v) is 6.12. The van der Waals surface area contributed by atoms with Crippen LogP contribution in [0, 0.1) is 0 Å². The average molecular weight is 325 g/mol. The zero-order valence-corrected chi connectivity index (χ0v) is 13.1. The molecule has 2 aromatic carbocycles. The van der Waals surface area contributed by atoms with Gasteiger partial charge in [-0.2, -0.15) is 0 Å². The van der Waals surface area contributed by atoms with Crippen LogP contribution in [0.15, 0.2) is 42.5 Å². The number of aromatic nitrogens is 1. The van der Waals surface area contributed by atoms with Crippen molar-refractivity contribution in [2.75, 3.05) is 17.6 Å². The first-order valence-electron chi connectivity index (χ1n) is 7.12. The van der Waals surface area contributed by atoms with Gasteiger partial charge in [0.25, 0.3) is 0 Å². The maximum absolute atomic E-state index is 12.2. The van der Waals surface area contributed by atoms with E-state index in [1.165, 1.54) is 11.3 Å². The van der Waals surface area contributed by atoms with E-state index in [-0.39, 0.29) is 12.3 Å². The van der Waals surface area contributed by atoms with Crippen molar-refractivity contribution < 1.29 is 9.59 Å². The Hall–Kier alpha value is -2.73. The molecule has 0 aliphatic heterocycles. The van der Waals surface area contributed by atoms with Crippen LogP contribution in [-0.4, -0.2) is 23.6 Å². The topological polar surface area (TPSA) is 85.1 Å². The van der Waals surface area contributed by atoms with Crippen molar-refractivity contribution in [3.05, 3.63) is 53.6 Å². The second-order valence-electron chi connectivity index (χ2n) is 5.06. The molecule has 0 unspecified atom stereocenters. The van der Waals surface area contributed by atoms with Gasteiger partial charge in [-0.05, 0) is 17.7 Å². The second kappa shape index (κ2) is 6.58. The fourth-order valence-electron chi connectivity index (χ4n) is 2.35. The minimum absolute atomic E-state index is 0.0114. The quantitative estimate of drug-likeness (QED) is 0.538. The third kappa shape index (κ3) is 3.37. The Bertz CT molecular complexity index is 859. The van der Waals surface area contributed by atoms with Gasteiger partial charge in [-0.25, -0.2) is 4.98 Å². The van der Waals surface area contributed by atoms with Gasteiger partial charge in [0.05, 0.1) is 16.9 Å². The number of nitrogen functional groups attached to an aromatic ring is 1. The Morgan fingerprint density at radius 2 is 2.04 bits per heavy atom. The van der Waals surface area contributed by atoms with E-state index in [2.05, 4.69) is 10.3 Å². The van der Waals surface area contributed by atoms with Crippen molar-refractivity contribution in [2.24, 2.45) is 0 Å². The Morgan fingerprint density at radius 1 is 1.26 bits per heavy atom. The molecule has 116 valence electrons. The standard InChI is InChI=1S/C17H15N3O2S/c18-17-20-16-13(8-11(6-7-21)9-15(16)23-17)19-10-14(22)12-4-2-1-3-5-12/h1-5,7-9,19H,6,10H2,(H2,18,20). The highest BCUT2D eigenvalue weighted by molar-refractivity contribution is 7.22. The molecule has 3 aromatic rings. The summed E-state index contributed by atoms with van der Waals surface area (Å²) in [5.74, 6) is -0.0114. The largest absolute Gasteiger partial charge is 0.376 e. The lowest BCUT2D eigenvalue weighted by Gasteiger charge is -2.08. The van der Waals surface area contributed by atoms with E-state index in [0.29, 0.717) is 17.1 Å². The summed E-state index contributed by atoms with van der Waals surface area (Å²) >= 11 is 1.36. The summed E-state index contributed by atoms with van der Waals surface area (Å²) < 4.78 is 0.900. The molecule has 23 heavy (non-hydrogen) atoms. The van der Waals surface area contributed by atoms with Gasteiger partial charge in [0.15, 0.2) is 10.9 Å². The van der Waals surface area contributed by atoms with Gasteiger partial charge in [0, 0.05) is 12.0 Å². The summed E-state index contributed by atoms with van der Waals surface area (Å²) in [7, 11) is 0. The van der Waals surface area contributed by atoms with Gasteiger partial charge in [-0.1, -0.05) is 41.7 Å². The molecule has 5 nitrogen and oxygen atoms in total. The van der Waals surface area contributed by atoms with Gasteiger partial charge in [-0.15, -0.1) is 0 Å². The number of fused-ring (bicyclic) bond motifs is 1. The fourth-order valence-corrected chi connectivity index (χ4v) is 3.18. The summed E-state index contributed by atoms with van der Waals surface area (Å²) in [6.07, 6.45) is 1.17. The van der Waals surface area contributed by atoms with Crippen LogP contribution in [0.25, 0.3) is 10.2 Å². The molecule has 3 N–H and O–H groups in total. The van der Waals surface area contributed by atoms with E-state index in [9.17, 15) is 9.59 Å². The lowest BCUT2D eigenvalue weighted by molar-refractivity contribution is -0.107. The van der Waals surface area contributed by atoms with Crippen LogP contribution in [0.2, 0.25) is 0 Å². The molecule has 1 aromatic heterocycles. The number of aldehydes is 1. The number of ketones is 1. The van der Waals surface area contributed by atoms with E-state index in [1.54, 1.807) is 12.1 Å². The van der Waals surface area contributed by atoms with E-state index >= 15 is 0 Å². The molecule has 0 saturated carbocycles. The molecule has 0 atom stereocenters. The molecule has 0 radical (unpaired) electrons. The van der Waals surface area contributed by atoms with E-state index in [0.717, 1.165) is 27.8 Å². The zero-order chi connectivity index (χ0) is 16.2. The number of Topliss-reactive ketones (excluding diaryl/α,β-unsaturated/α-hetero) is 1. The predicted molar refractivity (Wildman–Crippen MR) is 93.1 cm³/mol. The monoisotopic (exact) mass is 325 g/mol. The van der Waals surface area contributed by atoms with Gasteiger partial charge in [0.1, 0.15) is 11.8 Å². The van der Waals surface area contributed by atoms with Crippen molar-refractivity contribution >= 4 is 44.4 Å². The van der Waals surface area contributed by atoms with Crippen molar-refractivity contribution in [1.82, 2.24) is 4.98 Å². The first-order valence-corrected chi connectivity index (χ1v) is 7.93. The normalized spacial score (nSPS) is 10.6. The molecule has 3 rings (SSSR count). The number of anilines is 2. The Labute approximate surface area is 137 Å². The maximum Gasteiger partial charge on any atom is 0.181 e. The van der Waals surface area contributed by atoms with E-state index in [4.69, 9.17) is 5.73 Å². The van der Waals surface area contributed by atoms with Crippen LogP contribution in [0.1, 0.15) is 15.9 Å². The number of carbonyl (C=O) groups is 2. The molecule has 0 fully saturated rings. The number of hydrogen-bond donors (Lipinski definition) is 2. The highest BCUT2D eigenvalue weighted by Gasteiger charge is 2.11. The summed E-state index contributed by atoms with van der Waals surface area (Å²) in [4.78, 5) is 27.3. The molecule has 0 saturated heterocycles. The Kier molecular flexibility index (Phi) is 4.34. The van der Waals surface area contributed by atoms with Gasteiger partial charge < -0.3 is 15.8 Å². The molecule has 6 heteroatoms. The highest BCUT2D eigenvalue weighted by Crippen LogP contribution is 2.31. The van der Waals surface area contributed by atoms with Crippen LogP contribution in [0.5, 0.6) is 0 Å². The number of rotatable bonds is 6. The minimum Gasteiger partial charge on any atom is -0.376 e. The fraction of sp³-hybridized carbons (Fsp3) is 0.118. The Morgan fingerprint density at radius 3 is 2.78 bits per heavy atom. The summed E-state index contributed by atoms with van der Waals surface area (Å²) in [5.41, 5.74) is 8.74. The minimum atomic E-state index is -0.0114. The summed E-state index contributed by atoms with van der Waals surface area (Å²) in [5, 5.41) is 3.58. The smallest absolute Gasteiger partial charge is 0.181 e. The van der Waals surface area contributed by atoms with Gasteiger partial charge >= 0.3 is 0 Å². The third-order valence-electron chi connectivity index (χ3n) is 3.43. The SMILES string of the molecule is Nc1nc2c(NCC(=O)c3ccccc3)cc(CC=O)cc2s1. The number of nitrogens with one attached hydrogen (secondary N) is 1. The lowest BCUT2D eigenvalue weighted by atomic mass is 10.1. The van der Waals surface area contributed by atoms with Gasteiger partial charge in [0.2, 0.25) is 0 Å². The molecule has 0 aliphatic carbocycles. The summed E-state index contributed by atoms with van der Waals surface area (Å²) in [6.45, 7) is 0.154. The molecule has 0 spiro atoms. The van der Waals surface area contributed by atoms with Crippen molar-refractivity contribution in [3.63, 3.8) is 0 Å². The van der Waals surface area contributed by atoms with Gasteiger partial charge in [-0.3, -0.25) is 4.79 Å². The van der Waals surface area contributed by atoms with Crippen LogP contribution in [0.3, 0.4) is 0 Å². The van der Waals surface area contributed by atoms with E-state index in [1.807, 2.05) is 30.3 Å². The van der Waals surface area contributed by atoms with Crippen LogP contribution < -0.4 is 11.1 Å². The van der Waals surface area contributed by atoms with Crippen LogP contribution in [-0.2, 0) is 11.2 Å². The van der Waals surface area contributed by atoms with E-state index < -0.39 is 0 Å². The highest BCUT2D eigenvalue weighted by atomic mass is 32.1. The van der Waals surface area contributed by atoms with Crippen molar-refractivity contribution in [1.29, 1.82) is 0 Å². The third-order valence-corrected chi connectivity index (χ3v) is 4.26. The zero-order valence-electron chi connectivity index (χ0n) is 12.3. The molecular formula is C17H15N3O2S. The molecule has 0 amide bonds. The predicted octanol–water partition coefficient (Wildman–Crippen LogP) is 2.91. The number of carbonyl (C=O) groups excluding carboxylic acids is 2. The molecular weight excluding hydrogens is 310 g/mol. The average Bonchev–Trinajstić information content (AvgIpc) is 2.93. The molecule has 0 aliphatic rings. The number of benzene rings is 2. The first kappa shape index (κ1) is 15.2. The van der Waals surface area contributed by atoms with Crippen molar-refractivity contribution in [2.45, 2.75) is 6.42 Å². The Balaban J connectivity index is 1.86. The van der Waals surface area contributed by atoms with Crippen LogP contribution >= 0.6 is 11.3 Å². The first-order chi connectivity index (χ1) is 11.2. The summed E-state index contributed by atoms with van der Waals surface area (Å²) in [6, 6.07) is 12.8. The molecule has 0 bridgehead atoms. The maximum atomic E-state index is 12.2. The number of nitrogens with zero attached hydrogens (tertiary/aromatic N) is 1. The number of thiazole rings is 1. The number of hydrogen-bond acceptors (Lipinski definition) is 6. The van der Waals surface area contributed by atoms with Crippen molar-refractivity contribution in [3.8, 4) is 0 Å². The molecule has 1 heterocycles. The lowest BCUT2D eigenvalue weighted by Crippen LogP contribution is -2.14.